The number of hydrogen-bond acceptors (Lipinski definition) is 5. The second-order valence-corrected chi connectivity index (χ2v) is 4.04. The van der Waals surface area contributed by atoms with E-state index in [1.54, 1.807) is 6.07 Å². The Balaban J connectivity index is 2.50. The van der Waals surface area contributed by atoms with Crippen LogP contribution in [-0.2, 0) is 0 Å². The molecule has 0 fully saturated rings. The molecule has 5 heteroatoms. The van der Waals surface area contributed by atoms with Crippen molar-refractivity contribution in [1.29, 1.82) is 0 Å². The number of nitrogens with one attached hydrogen (secondary N) is 2. The molecule has 0 saturated heterocycles. The molecule has 1 rings (SSSR count). The minimum atomic E-state index is 0.606. The van der Waals surface area contributed by atoms with E-state index < -0.39 is 0 Å². The lowest BCUT2D eigenvalue weighted by atomic mass is 9.98. The fourth-order valence-corrected chi connectivity index (χ4v) is 1.03. The third-order valence-corrected chi connectivity index (χ3v) is 2.56. The minimum Gasteiger partial charge on any atom is -0.370 e. The van der Waals surface area contributed by atoms with E-state index in [9.17, 15) is 0 Å². The van der Waals surface area contributed by atoms with Crippen molar-refractivity contribution < 1.29 is 0 Å². The van der Waals surface area contributed by atoms with Crippen molar-refractivity contribution in [2.24, 2.45) is 17.7 Å². The molecule has 0 aliphatic carbocycles. The molecular formula is C10H19N5. The quantitative estimate of drug-likeness (QED) is 0.505. The molecule has 4 N–H and O–H groups in total. The summed E-state index contributed by atoms with van der Waals surface area (Å²) in [5.41, 5.74) is 2.49. The molecule has 0 aliphatic rings. The van der Waals surface area contributed by atoms with Crippen molar-refractivity contribution in [2.75, 3.05) is 17.3 Å². The van der Waals surface area contributed by atoms with Crippen LogP contribution in [0.15, 0.2) is 12.4 Å². The Morgan fingerprint density at radius 3 is 2.53 bits per heavy atom. The van der Waals surface area contributed by atoms with Gasteiger partial charge in [-0.3, -0.25) is 0 Å². The highest BCUT2D eigenvalue weighted by Crippen LogP contribution is 2.12. The van der Waals surface area contributed by atoms with Gasteiger partial charge in [0, 0.05) is 12.6 Å². The van der Waals surface area contributed by atoms with Gasteiger partial charge in [-0.2, -0.15) is 0 Å². The Morgan fingerprint density at radius 2 is 1.93 bits per heavy atom. The van der Waals surface area contributed by atoms with Gasteiger partial charge < -0.3 is 10.7 Å². The smallest absolute Gasteiger partial charge is 0.145 e. The third-order valence-electron chi connectivity index (χ3n) is 2.56. The molecule has 1 heterocycles. The Bertz CT molecular complexity index is 300. The first-order valence-electron chi connectivity index (χ1n) is 5.16. The highest BCUT2D eigenvalue weighted by Gasteiger charge is 2.06. The first kappa shape index (κ1) is 11.7. The molecule has 0 spiro atoms. The molecule has 15 heavy (non-hydrogen) atoms. The second kappa shape index (κ2) is 5.50. The number of nitrogens with two attached hydrogens (primary N) is 1. The summed E-state index contributed by atoms with van der Waals surface area (Å²) in [5.74, 6) is 7.93. The molecule has 1 unspecified atom stereocenters. The van der Waals surface area contributed by atoms with Gasteiger partial charge in [-0.25, -0.2) is 15.8 Å². The van der Waals surface area contributed by atoms with Crippen LogP contribution in [0.3, 0.4) is 0 Å². The van der Waals surface area contributed by atoms with Gasteiger partial charge in [0.2, 0.25) is 0 Å². The number of hydrazine groups is 1. The van der Waals surface area contributed by atoms with Gasteiger partial charge in [0.05, 0.1) is 0 Å². The zero-order chi connectivity index (χ0) is 11.3. The normalized spacial score (nSPS) is 12.6. The van der Waals surface area contributed by atoms with Crippen molar-refractivity contribution in [3.8, 4) is 0 Å². The maximum atomic E-state index is 5.25. The highest BCUT2D eigenvalue weighted by molar-refractivity contribution is 5.45. The summed E-state index contributed by atoms with van der Waals surface area (Å²) in [6.07, 6.45) is 1.48. The van der Waals surface area contributed by atoms with Crippen LogP contribution in [0.4, 0.5) is 11.6 Å². The van der Waals surface area contributed by atoms with Crippen LogP contribution in [0.1, 0.15) is 20.8 Å². The topological polar surface area (TPSA) is 75.9 Å². The summed E-state index contributed by atoms with van der Waals surface area (Å²) in [5, 5.41) is 3.25. The summed E-state index contributed by atoms with van der Waals surface area (Å²) >= 11 is 0. The van der Waals surface area contributed by atoms with Crippen LogP contribution >= 0.6 is 0 Å². The number of rotatable bonds is 5. The molecule has 0 amide bonds. The van der Waals surface area contributed by atoms with Gasteiger partial charge in [-0.05, 0) is 11.8 Å². The SMILES string of the molecule is CC(C)C(C)CNc1cc(NN)ncn1. The predicted octanol–water partition coefficient (Wildman–Crippen LogP) is 1.47. The summed E-state index contributed by atoms with van der Waals surface area (Å²) in [6, 6.07) is 1.78. The average molecular weight is 209 g/mol. The van der Waals surface area contributed by atoms with E-state index in [-0.39, 0.29) is 0 Å². The van der Waals surface area contributed by atoms with E-state index in [0.717, 1.165) is 12.4 Å². The van der Waals surface area contributed by atoms with Crippen LogP contribution in [0.25, 0.3) is 0 Å². The van der Waals surface area contributed by atoms with Crippen molar-refractivity contribution >= 4 is 11.6 Å². The van der Waals surface area contributed by atoms with E-state index in [1.165, 1.54) is 6.33 Å². The van der Waals surface area contributed by atoms with Crippen molar-refractivity contribution in [1.82, 2.24) is 9.97 Å². The minimum absolute atomic E-state index is 0.606. The molecule has 1 aromatic heterocycles. The lowest BCUT2D eigenvalue weighted by molar-refractivity contribution is 0.439. The second-order valence-electron chi connectivity index (χ2n) is 4.04. The van der Waals surface area contributed by atoms with Gasteiger partial charge >= 0.3 is 0 Å². The molecule has 0 aliphatic heterocycles. The fourth-order valence-electron chi connectivity index (χ4n) is 1.03. The molecule has 84 valence electrons. The fraction of sp³-hybridized carbons (Fsp3) is 0.600. The number of nitrogen functional groups attached to an aromatic ring is 1. The number of anilines is 2. The molecule has 1 aromatic rings. The van der Waals surface area contributed by atoms with Crippen LogP contribution in [0.5, 0.6) is 0 Å². The van der Waals surface area contributed by atoms with Crippen LogP contribution in [-0.4, -0.2) is 16.5 Å². The average Bonchev–Trinajstić information content (AvgIpc) is 2.26. The van der Waals surface area contributed by atoms with E-state index in [1.807, 2.05) is 0 Å². The van der Waals surface area contributed by atoms with Crippen LogP contribution in [0.2, 0.25) is 0 Å². The zero-order valence-corrected chi connectivity index (χ0v) is 9.49. The van der Waals surface area contributed by atoms with Crippen molar-refractivity contribution in [3.63, 3.8) is 0 Å². The molecule has 0 radical (unpaired) electrons. The van der Waals surface area contributed by atoms with Gasteiger partial charge in [0.15, 0.2) is 0 Å². The Kier molecular flexibility index (Phi) is 4.30. The standard InChI is InChI=1S/C10H19N5/c1-7(2)8(3)5-12-9-4-10(15-11)14-6-13-9/h4,6-8H,5,11H2,1-3H3,(H2,12,13,14,15). The lowest BCUT2D eigenvalue weighted by Crippen LogP contribution is -2.17. The van der Waals surface area contributed by atoms with Gasteiger partial charge in [0.1, 0.15) is 18.0 Å². The van der Waals surface area contributed by atoms with Crippen molar-refractivity contribution in [2.45, 2.75) is 20.8 Å². The summed E-state index contributed by atoms with van der Waals surface area (Å²) in [4.78, 5) is 8.03. The van der Waals surface area contributed by atoms with Crippen molar-refractivity contribution in [3.05, 3.63) is 12.4 Å². The monoisotopic (exact) mass is 209 g/mol. The first-order valence-corrected chi connectivity index (χ1v) is 5.16. The summed E-state index contributed by atoms with van der Waals surface area (Å²) in [6.45, 7) is 7.53. The van der Waals surface area contributed by atoms with Crippen LogP contribution < -0.4 is 16.6 Å². The zero-order valence-electron chi connectivity index (χ0n) is 9.49. The van der Waals surface area contributed by atoms with E-state index >= 15 is 0 Å². The summed E-state index contributed by atoms with van der Waals surface area (Å²) < 4.78 is 0. The summed E-state index contributed by atoms with van der Waals surface area (Å²) in [7, 11) is 0. The van der Waals surface area contributed by atoms with Crippen LogP contribution in [0, 0.1) is 11.8 Å². The Hall–Kier alpha value is -1.36. The Morgan fingerprint density at radius 1 is 1.27 bits per heavy atom. The van der Waals surface area contributed by atoms with Gasteiger partial charge in [-0.15, -0.1) is 0 Å². The number of nitrogens with zero attached hydrogens (tertiary/aromatic N) is 2. The van der Waals surface area contributed by atoms with E-state index in [2.05, 4.69) is 41.5 Å². The number of hydrogen-bond donors (Lipinski definition) is 3. The maximum Gasteiger partial charge on any atom is 0.145 e. The molecular weight excluding hydrogens is 190 g/mol. The van der Waals surface area contributed by atoms with E-state index in [0.29, 0.717) is 17.7 Å². The van der Waals surface area contributed by atoms with Gasteiger partial charge in [-0.1, -0.05) is 20.8 Å². The maximum absolute atomic E-state index is 5.25. The molecule has 1 atom stereocenters. The number of aromatic nitrogens is 2. The molecule has 0 bridgehead atoms. The third kappa shape index (κ3) is 3.71. The molecule has 0 saturated carbocycles. The highest BCUT2D eigenvalue weighted by atomic mass is 15.3. The molecule has 5 nitrogen and oxygen atoms in total. The largest absolute Gasteiger partial charge is 0.370 e. The molecule has 0 aromatic carbocycles. The van der Waals surface area contributed by atoms with E-state index in [4.69, 9.17) is 5.84 Å². The first-order chi connectivity index (χ1) is 7.13. The lowest BCUT2D eigenvalue weighted by Gasteiger charge is -2.16. The predicted molar refractivity (Wildman–Crippen MR) is 62.3 cm³/mol. The van der Waals surface area contributed by atoms with Gasteiger partial charge in [0.25, 0.3) is 0 Å². The Labute approximate surface area is 90.5 Å².